The molecule has 0 radical (unpaired) electrons. The monoisotopic (exact) mass is 254 g/mol. The molecule has 0 aromatic rings. The Kier molecular flexibility index (Phi) is 4.73. The Morgan fingerprint density at radius 3 is 2.24 bits per heavy atom. The van der Waals surface area contributed by atoms with Gasteiger partial charge in [-0.2, -0.15) is 13.2 Å². The van der Waals surface area contributed by atoms with Crippen molar-refractivity contribution in [2.75, 3.05) is 0 Å². The Morgan fingerprint density at radius 1 is 1.29 bits per heavy atom. The molecule has 100 valence electrons. The van der Waals surface area contributed by atoms with Crippen LogP contribution in [0.25, 0.3) is 0 Å². The molecular formula is C10H17F3N2O2. The maximum atomic E-state index is 12.7. The van der Waals surface area contributed by atoms with Crippen LogP contribution < -0.4 is 5.32 Å². The lowest BCUT2D eigenvalue weighted by molar-refractivity contribution is -0.530. The fourth-order valence-corrected chi connectivity index (χ4v) is 2.15. The second-order valence-corrected chi connectivity index (χ2v) is 4.55. The van der Waals surface area contributed by atoms with Gasteiger partial charge in [-0.3, -0.25) is 15.4 Å². The van der Waals surface area contributed by atoms with Gasteiger partial charge >= 0.3 is 6.18 Å². The molecule has 1 N–H and O–H groups in total. The van der Waals surface area contributed by atoms with Crippen LogP contribution in [0.4, 0.5) is 13.2 Å². The maximum Gasteiger partial charge on any atom is 0.410 e. The van der Waals surface area contributed by atoms with E-state index in [2.05, 4.69) is 5.32 Å². The second kappa shape index (κ2) is 5.66. The molecule has 0 saturated heterocycles. The van der Waals surface area contributed by atoms with Crippen molar-refractivity contribution < 1.29 is 18.1 Å². The quantitative estimate of drug-likeness (QED) is 0.619. The fourth-order valence-electron chi connectivity index (χ4n) is 2.15. The fraction of sp³-hybridized carbons (Fsp3) is 1.00. The molecule has 0 heterocycles. The predicted molar refractivity (Wildman–Crippen MR) is 56.3 cm³/mol. The summed E-state index contributed by atoms with van der Waals surface area (Å²) in [6.45, 7) is 0.994. The van der Waals surface area contributed by atoms with E-state index in [-0.39, 0.29) is 6.04 Å². The van der Waals surface area contributed by atoms with Gasteiger partial charge in [-0.05, 0) is 12.8 Å². The first kappa shape index (κ1) is 14.2. The minimum atomic E-state index is -4.58. The Labute approximate surface area is 97.7 Å². The number of alkyl halides is 3. The Bertz CT molecular complexity index is 265. The van der Waals surface area contributed by atoms with Crippen LogP contribution in [-0.4, -0.2) is 29.2 Å². The van der Waals surface area contributed by atoms with Crippen molar-refractivity contribution in [3.8, 4) is 0 Å². The molecule has 4 nitrogen and oxygen atoms in total. The summed E-state index contributed by atoms with van der Waals surface area (Å²) in [5.41, 5.74) is 0. The van der Waals surface area contributed by atoms with Gasteiger partial charge in [0.15, 0.2) is 6.04 Å². The minimum Gasteiger partial charge on any atom is -0.298 e. The van der Waals surface area contributed by atoms with Gasteiger partial charge in [-0.15, -0.1) is 0 Å². The van der Waals surface area contributed by atoms with Gasteiger partial charge in [0.25, 0.3) is 0 Å². The first-order valence-corrected chi connectivity index (χ1v) is 5.78. The van der Waals surface area contributed by atoms with E-state index in [1.807, 2.05) is 0 Å². The molecule has 0 unspecified atom stereocenters. The van der Waals surface area contributed by atoms with Crippen LogP contribution in [0.5, 0.6) is 0 Å². The predicted octanol–water partition coefficient (Wildman–Crippen LogP) is 2.50. The standard InChI is InChI=1S/C10H17F3N2O2/c1-7(15(16)17)9(10(11,12)13)14-8-5-3-2-4-6-8/h7-9,14H,2-6H2,1H3/t7-,9-/m0/s1. The molecule has 0 bridgehead atoms. The number of nitrogens with zero attached hydrogens (tertiary/aromatic N) is 1. The Balaban J connectivity index is 2.66. The largest absolute Gasteiger partial charge is 0.410 e. The van der Waals surface area contributed by atoms with Crippen LogP contribution in [0.2, 0.25) is 0 Å². The van der Waals surface area contributed by atoms with Gasteiger partial charge in [0.1, 0.15) is 0 Å². The second-order valence-electron chi connectivity index (χ2n) is 4.55. The number of halogens is 3. The molecule has 1 aliphatic carbocycles. The van der Waals surface area contributed by atoms with E-state index in [9.17, 15) is 23.3 Å². The summed E-state index contributed by atoms with van der Waals surface area (Å²) in [6, 6.07) is -3.96. The molecule has 0 amide bonds. The van der Waals surface area contributed by atoms with Crippen molar-refractivity contribution >= 4 is 0 Å². The summed E-state index contributed by atoms with van der Waals surface area (Å²) in [6.07, 6.45) is -0.457. The van der Waals surface area contributed by atoms with E-state index in [0.29, 0.717) is 12.8 Å². The van der Waals surface area contributed by atoms with Crippen molar-refractivity contribution in [2.45, 2.75) is 63.3 Å². The van der Waals surface area contributed by atoms with Crippen LogP contribution in [0.3, 0.4) is 0 Å². The number of nitrogens with one attached hydrogen (secondary N) is 1. The zero-order chi connectivity index (χ0) is 13.1. The lowest BCUT2D eigenvalue weighted by Crippen LogP contribution is -2.55. The first-order chi connectivity index (χ1) is 7.82. The highest BCUT2D eigenvalue weighted by Gasteiger charge is 2.49. The zero-order valence-electron chi connectivity index (χ0n) is 9.67. The summed E-state index contributed by atoms with van der Waals surface area (Å²) < 4.78 is 38.2. The lowest BCUT2D eigenvalue weighted by atomic mass is 9.94. The molecule has 7 heteroatoms. The molecule has 17 heavy (non-hydrogen) atoms. The number of rotatable bonds is 4. The molecule has 1 rings (SSSR count). The summed E-state index contributed by atoms with van der Waals surface area (Å²) in [7, 11) is 0. The van der Waals surface area contributed by atoms with Crippen molar-refractivity contribution in [2.24, 2.45) is 0 Å². The van der Waals surface area contributed by atoms with E-state index < -0.39 is 23.2 Å². The number of nitro groups is 1. The summed E-state index contributed by atoms with van der Waals surface area (Å²) >= 11 is 0. The highest BCUT2D eigenvalue weighted by Crippen LogP contribution is 2.26. The molecule has 1 fully saturated rings. The molecule has 1 aliphatic rings. The van der Waals surface area contributed by atoms with Crippen molar-refractivity contribution in [1.29, 1.82) is 0 Å². The zero-order valence-corrected chi connectivity index (χ0v) is 9.67. The molecule has 0 aromatic heterocycles. The van der Waals surface area contributed by atoms with Crippen molar-refractivity contribution in [3.05, 3.63) is 10.1 Å². The number of hydrogen-bond donors (Lipinski definition) is 1. The average molecular weight is 254 g/mol. The van der Waals surface area contributed by atoms with Gasteiger partial charge in [0.2, 0.25) is 6.04 Å². The van der Waals surface area contributed by atoms with Gasteiger partial charge in [0.05, 0.1) is 0 Å². The lowest BCUT2D eigenvalue weighted by Gasteiger charge is -2.30. The van der Waals surface area contributed by atoms with E-state index in [0.717, 1.165) is 26.2 Å². The van der Waals surface area contributed by atoms with Crippen LogP contribution >= 0.6 is 0 Å². The van der Waals surface area contributed by atoms with E-state index >= 15 is 0 Å². The SMILES string of the molecule is C[C@@H]([C@H](NC1CCCCC1)C(F)(F)F)[N+](=O)[O-]. The van der Waals surface area contributed by atoms with Crippen LogP contribution in [0, 0.1) is 10.1 Å². The summed E-state index contributed by atoms with van der Waals surface area (Å²) in [5, 5.41) is 12.9. The smallest absolute Gasteiger partial charge is 0.298 e. The van der Waals surface area contributed by atoms with E-state index in [1.165, 1.54) is 0 Å². The molecular weight excluding hydrogens is 237 g/mol. The van der Waals surface area contributed by atoms with E-state index in [4.69, 9.17) is 0 Å². The topological polar surface area (TPSA) is 55.2 Å². The molecule has 0 aliphatic heterocycles. The highest BCUT2D eigenvalue weighted by molar-refractivity contribution is 4.85. The van der Waals surface area contributed by atoms with Gasteiger partial charge < -0.3 is 0 Å². The van der Waals surface area contributed by atoms with Crippen molar-refractivity contribution in [1.82, 2.24) is 5.32 Å². The number of hydrogen-bond acceptors (Lipinski definition) is 3. The molecule has 1 saturated carbocycles. The average Bonchev–Trinajstić information content (AvgIpc) is 2.24. The molecule has 0 spiro atoms. The minimum absolute atomic E-state index is 0.252. The van der Waals surface area contributed by atoms with Gasteiger partial charge in [0, 0.05) is 17.9 Å². The third kappa shape index (κ3) is 4.14. The third-order valence-corrected chi connectivity index (χ3v) is 3.19. The Hall–Kier alpha value is -0.850. The van der Waals surface area contributed by atoms with Crippen LogP contribution in [0.1, 0.15) is 39.0 Å². The normalized spacial score (nSPS) is 22.1. The summed E-state index contributed by atoms with van der Waals surface area (Å²) in [5.74, 6) is 0. The summed E-state index contributed by atoms with van der Waals surface area (Å²) in [4.78, 5) is 9.61. The van der Waals surface area contributed by atoms with Gasteiger partial charge in [-0.1, -0.05) is 19.3 Å². The maximum absolute atomic E-state index is 12.7. The van der Waals surface area contributed by atoms with Crippen LogP contribution in [0.15, 0.2) is 0 Å². The Morgan fingerprint density at radius 2 is 1.82 bits per heavy atom. The third-order valence-electron chi connectivity index (χ3n) is 3.19. The van der Waals surface area contributed by atoms with Crippen LogP contribution in [-0.2, 0) is 0 Å². The van der Waals surface area contributed by atoms with E-state index in [1.54, 1.807) is 0 Å². The van der Waals surface area contributed by atoms with Gasteiger partial charge in [-0.25, -0.2) is 0 Å². The molecule has 0 aromatic carbocycles. The molecule has 2 atom stereocenters. The first-order valence-electron chi connectivity index (χ1n) is 5.78. The highest BCUT2D eigenvalue weighted by atomic mass is 19.4. The van der Waals surface area contributed by atoms with Crippen molar-refractivity contribution in [3.63, 3.8) is 0 Å².